The van der Waals surface area contributed by atoms with Gasteiger partial charge in [-0.25, -0.2) is 0 Å². The van der Waals surface area contributed by atoms with Crippen molar-refractivity contribution in [2.45, 2.75) is 45.1 Å². The highest BCUT2D eigenvalue weighted by Crippen LogP contribution is 2.17. The van der Waals surface area contributed by atoms with E-state index in [1.54, 1.807) is 19.1 Å². The molecule has 2 fully saturated rings. The predicted octanol–water partition coefficient (Wildman–Crippen LogP) is 2.07. The SMILES string of the molecule is C=C(CN1CCN(C(C)=O)CC1COC1CCCCO1)NCc1ccc(O)cc1. The molecule has 0 aliphatic carbocycles. The van der Waals surface area contributed by atoms with Crippen LogP contribution in [-0.4, -0.2) is 72.5 Å². The van der Waals surface area contributed by atoms with Gasteiger partial charge < -0.3 is 24.8 Å². The fourth-order valence-electron chi connectivity index (χ4n) is 3.75. The van der Waals surface area contributed by atoms with Crippen LogP contribution in [0, 0.1) is 0 Å². The Morgan fingerprint density at radius 3 is 2.79 bits per heavy atom. The van der Waals surface area contributed by atoms with Gasteiger partial charge in [0.1, 0.15) is 5.75 Å². The van der Waals surface area contributed by atoms with Gasteiger partial charge in [-0.1, -0.05) is 18.7 Å². The van der Waals surface area contributed by atoms with Crippen molar-refractivity contribution in [1.29, 1.82) is 0 Å². The second-order valence-electron chi connectivity index (χ2n) is 7.84. The molecule has 7 heteroatoms. The number of hydrogen-bond acceptors (Lipinski definition) is 6. The zero-order valence-corrected chi connectivity index (χ0v) is 17.3. The van der Waals surface area contributed by atoms with Gasteiger partial charge in [-0.05, 0) is 37.0 Å². The number of rotatable bonds is 8. The number of amides is 1. The molecule has 1 aromatic rings. The number of nitrogens with zero attached hydrogens (tertiary/aromatic N) is 2. The Morgan fingerprint density at radius 2 is 2.10 bits per heavy atom. The van der Waals surface area contributed by atoms with Crippen molar-refractivity contribution in [3.8, 4) is 5.75 Å². The van der Waals surface area contributed by atoms with Gasteiger partial charge in [-0.15, -0.1) is 0 Å². The van der Waals surface area contributed by atoms with Gasteiger partial charge in [0.25, 0.3) is 0 Å². The van der Waals surface area contributed by atoms with Crippen molar-refractivity contribution >= 4 is 5.91 Å². The van der Waals surface area contributed by atoms with Gasteiger partial charge in [-0.3, -0.25) is 9.69 Å². The van der Waals surface area contributed by atoms with E-state index in [1.807, 2.05) is 17.0 Å². The molecule has 2 N–H and O–H groups in total. The molecular formula is C22H33N3O4. The number of phenols is 1. The summed E-state index contributed by atoms with van der Waals surface area (Å²) < 4.78 is 11.7. The molecule has 2 heterocycles. The molecular weight excluding hydrogens is 370 g/mol. The van der Waals surface area contributed by atoms with E-state index < -0.39 is 0 Å². The largest absolute Gasteiger partial charge is 0.508 e. The summed E-state index contributed by atoms with van der Waals surface area (Å²) in [5, 5.41) is 12.8. The predicted molar refractivity (Wildman–Crippen MR) is 111 cm³/mol. The van der Waals surface area contributed by atoms with E-state index in [2.05, 4.69) is 16.8 Å². The third kappa shape index (κ3) is 6.73. The second-order valence-corrected chi connectivity index (χ2v) is 7.84. The lowest BCUT2D eigenvalue weighted by Crippen LogP contribution is -2.57. The summed E-state index contributed by atoms with van der Waals surface area (Å²) in [4.78, 5) is 16.1. The molecule has 0 aromatic heterocycles. The lowest BCUT2D eigenvalue weighted by Gasteiger charge is -2.41. The summed E-state index contributed by atoms with van der Waals surface area (Å²) >= 11 is 0. The van der Waals surface area contributed by atoms with E-state index in [9.17, 15) is 9.90 Å². The Balaban J connectivity index is 1.51. The number of aromatic hydroxyl groups is 1. The van der Waals surface area contributed by atoms with Crippen LogP contribution in [-0.2, 0) is 20.8 Å². The standard InChI is InChI=1S/C22H33N3O4/c1-17(23-13-19-6-8-21(27)9-7-19)14-25-11-10-24(18(2)26)15-20(25)16-29-22-5-3-4-12-28-22/h6-9,20,22-23,27H,1,3-5,10-16H2,2H3. The molecule has 2 aliphatic heterocycles. The van der Waals surface area contributed by atoms with E-state index in [0.717, 1.165) is 50.2 Å². The smallest absolute Gasteiger partial charge is 0.219 e. The highest BCUT2D eigenvalue weighted by Gasteiger charge is 2.29. The summed E-state index contributed by atoms with van der Waals surface area (Å²) in [7, 11) is 0. The Kier molecular flexibility index (Phi) is 7.91. The Hall–Kier alpha value is -2.09. The maximum Gasteiger partial charge on any atom is 0.219 e. The Morgan fingerprint density at radius 1 is 1.31 bits per heavy atom. The van der Waals surface area contributed by atoms with Gasteiger partial charge in [-0.2, -0.15) is 0 Å². The summed E-state index contributed by atoms with van der Waals surface area (Å²) in [5.74, 6) is 0.369. The molecule has 0 spiro atoms. The van der Waals surface area contributed by atoms with Crippen LogP contribution in [0.4, 0.5) is 0 Å². The van der Waals surface area contributed by atoms with E-state index in [1.165, 1.54) is 0 Å². The quantitative estimate of drug-likeness (QED) is 0.692. The van der Waals surface area contributed by atoms with Crippen molar-refractivity contribution in [3.63, 3.8) is 0 Å². The molecule has 0 bridgehead atoms. The minimum absolute atomic E-state index is 0.104. The van der Waals surface area contributed by atoms with Crippen LogP contribution < -0.4 is 5.32 Å². The number of nitrogens with one attached hydrogen (secondary N) is 1. The lowest BCUT2D eigenvalue weighted by molar-refractivity contribution is -0.174. The van der Waals surface area contributed by atoms with Crippen molar-refractivity contribution in [2.75, 3.05) is 39.4 Å². The van der Waals surface area contributed by atoms with Crippen LogP contribution in [0.1, 0.15) is 31.7 Å². The van der Waals surface area contributed by atoms with Gasteiger partial charge in [0.2, 0.25) is 5.91 Å². The maximum atomic E-state index is 11.9. The van der Waals surface area contributed by atoms with Gasteiger partial charge in [0.15, 0.2) is 6.29 Å². The molecule has 29 heavy (non-hydrogen) atoms. The number of phenolic OH excluding ortho intramolecular Hbond substituents is 1. The van der Waals surface area contributed by atoms with Gasteiger partial charge >= 0.3 is 0 Å². The summed E-state index contributed by atoms with van der Waals surface area (Å²) in [5.41, 5.74) is 2.01. The number of piperazine rings is 1. The van der Waals surface area contributed by atoms with Crippen LogP contribution in [0.3, 0.4) is 0 Å². The molecule has 2 atom stereocenters. The fraction of sp³-hybridized carbons (Fsp3) is 0.591. The molecule has 1 amide bonds. The first-order valence-electron chi connectivity index (χ1n) is 10.4. The van der Waals surface area contributed by atoms with E-state index in [-0.39, 0.29) is 24.0 Å². The van der Waals surface area contributed by atoms with Crippen LogP contribution in [0.25, 0.3) is 0 Å². The molecule has 2 unspecified atom stereocenters. The first kappa shape index (κ1) is 21.6. The van der Waals surface area contributed by atoms with Gasteiger partial charge in [0, 0.05) is 52.0 Å². The Bertz CT molecular complexity index is 673. The van der Waals surface area contributed by atoms with E-state index >= 15 is 0 Å². The maximum absolute atomic E-state index is 11.9. The van der Waals surface area contributed by atoms with Crippen molar-refractivity contribution in [1.82, 2.24) is 15.1 Å². The lowest BCUT2D eigenvalue weighted by atomic mass is 10.1. The third-order valence-corrected chi connectivity index (χ3v) is 5.54. The molecule has 160 valence electrons. The second kappa shape index (κ2) is 10.6. The number of carbonyl (C=O) groups excluding carboxylic acids is 1. The highest BCUT2D eigenvalue weighted by atomic mass is 16.7. The number of carbonyl (C=O) groups is 1. The average Bonchev–Trinajstić information content (AvgIpc) is 2.73. The summed E-state index contributed by atoms with van der Waals surface area (Å²) in [6.45, 7) is 10.6. The molecule has 2 aliphatic rings. The van der Waals surface area contributed by atoms with E-state index in [4.69, 9.17) is 9.47 Å². The minimum Gasteiger partial charge on any atom is -0.508 e. The third-order valence-electron chi connectivity index (χ3n) is 5.54. The normalized spacial score (nSPS) is 23.0. The molecule has 0 radical (unpaired) electrons. The Labute approximate surface area is 173 Å². The minimum atomic E-state index is -0.130. The average molecular weight is 404 g/mol. The fourth-order valence-corrected chi connectivity index (χ4v) is 3.75. The molecule has 1 aromatic carbocycles. The summed E-state index contributed by atoms with van der Waals surface area (Å²) in [6.07, 6.45) is 3.04. The monoisotopic (exact) mass is 403 g/mol. The zero-order valence-electron chi connectivity index (χ0n) is 17.3. The molecule has 3 rings (SSSR count). The number of hydrogen-bond donors (Lipinski definition) is 2. The highest BCUT2D eigenvalue weighted by molar-refractivity contribution is 5.73. The van der Waals surface area contributed by atoms with Crippen LogP contribution in [0.2, 0.25) is 0 Å². The van der Waals surface area contributed by atoms with E-state index in [0.29, 0.717) is 26.2 Å². The molecule has 7 nitrogen and oxygen atoms in total. The number of benzene rings is 1. The van der Waals surface area contributed by atoms with Crippen LogP contribution in [0.15, 0.2) is 36.5 Å². The number of ether oxygens (including phenoxy) is 2. The first-order valence-corrected chi connectivity index (χ1v) is 10.4. The van der Waals surface area contributed by atoms with Crippen molar-refractivity contribution in [3.05, 3.63) is 42.1 Å². The van der Waals surface area contributed by atoms with Crippen molar-refractivity contribution < 1.29 is 19.4 Å². The summed E-state index contributed by atoms with van der Waals surface area (Å²) in [6, 6.07) is 7.26. The van der Waals surface area contributed by atoms with Crippen LogP contribution in [0.5, 0.6) is 5.75 Å². The van der Waals surface area contributed by atoms with Crippen LogP contribution >= 0.6 is 0 Å². The molecule has 2 saturated heterocycles. The van der Waals surface area contributed by atoms with Gasteiger partial charge in [0.05, 0.1) is 12.6 Å². The topological polar surface area (TPSA) is 74.3 Å². The van der Waals surface area contributed by atoms with Crippen molar-refractivity contribution in [2.24, 2.45) is 0 Å². The zero-order chi connectivity index (χ0) is 20.6. The first-order chi connectivity index (χ1) is 14.0. The molecule has 0 saturated carbocycles.